The molecular weight excluding hydrogens is 525 g/mol. The maximum atomic E-state index is 15.1. The van der Waals surface area contributed by atoms with E-state index >= 15 is 4.39 Å². The highest BCUT2D eigenvalue weighted by molar-refractivity contribution is 5.71. The highest BCUT2D eigenvalue weighted by Crippen LogP contribution is 2.45. The van der Waals surface area contributed by atoms with Gasteiger partial charge in [0.15, 0.2) is 0 Å². The van der Waals surface area contributed by atoms with Crippen LogP contribution < -0.4 is 9.47 Å². The van der Waals surface area contributed by atoms with Gasteiger partial charge in [0.1, 0.15) is 23.9 Å². The Hall–Kier alpha value is -4.07. The normalized spacial score (nSPS) is 14.6. The van der Waals surface area contributed by atoms with Crippen LogP contribution in [0.15, 0.2) is 65.8 Å². The summed E-state index contributed by atoms with van der Waals surface area (Å²) in [5, 5.41) is 13.2. The summed E-state index contributed by atoms with van der Waals surface area (Å²) in [6.07, 6.45) is 1.65. The Kier molecular flexibility index (Phi) is 9.53. The molecule has 0 heterocycles. The van der Waals surface area contributed by atoms with Gasteiger partial charge in [0, 0.05) is 29.5 Å². The summed E-state index contributed by atoms with van der Waals surface area (Å²) in [6.45, 7) is 4.28. The number of hydrogen-bond donors (Lipinski definition) is 1. The lowest BCUT2D eigenvalue weighted by Gasteiger charge is -2.34. The third-order valence-electron chi connectivity index (χ3n) is 7.63. The van der Waals surface area contributed by atoms with E-state index in [1.807, 2.05) is 56.3 Å². The summed E-state index contributed by atoms with van der Waals surface area (Å²) in [5.41, 5.74) is 11.9. The van der Waals surface area contributed by atoms with Gasteiger partial charge in [-0.1, -0.05) is 43.2 Å². The van der Waals surface area contributed by atoms with E-state index in [1.54, 1.807) is 19.2 Å². The fourth-order valence-corrected chi connectivity index (χ4v) is 5.41. The molecule has 0 aromatic heterocycles. The van der Waals surface area contributed by atoms with Crippen molar-refractivity contribution in [2.45, 2.75) is 51.7 Å². The number of hydrogen-bond acceptors (Lipinski definition) is 5. The fraction of sp³-hybridized carbons (Fsp3) is 0.406. The quantitative estimate of drug-likeness (QED) is 0.121. The van der Waals surface area contributed by atoms with Crippen molar-refractivity contribution < 1.29 is 28.5 Å². The molecule has 0 amide bonds. The molecule has 2 atom stereocenters. The average molecular weight is 562 g/mol. The Labute approximate surface area is 239 Å². The van der Waals surface area contributed by atoms with Gasteiger partial charge in [-0.15, -0.1) is 0 Å². The zero-order chi connectivity index (χ0) is 29.6. The smallest absolute Gasteiger partial charge is 0.303 e. The number of carboxylic acid groups (broad SMARTS) is 1. The topological polar surface area (TPSA) is 114 Å². The number of halogens is 1. The number of rotatable bonds is 14. The standard InChI is InChI=1S/C32H36FN3O5/c1-32(2,19-35-36-34)31(40-4)28-14-20(8-12-25(28)27-16-23(39-3)11-13-29(27)33)18-41-24-7-5-6-22(15-24)26(17-30(37)38)21-9-10-21/h5-8,11-16,21,26,31H,9-10,17-19H2,1-4H3,(H,37,38). The van der Waals surface area contributed by atoms with E-state index in [1.165, 1.54) is 13.2 Å². The summed E-state index contributed by atoms with van der Waals surface area (Å²) in [7, 11) is 3.11. The summed E-state index contributed by atoms with van der Waals surface area (Å²) in [4.78, 5) is 14.4. The molecule has 3 aromatic rings. The van der Waals surface area contributed by atoms with E-state index < -0.39 is 23.3 Å². The number of carbonyl (C=O) groups is 1. The van der Waals surface area contributed by atoms with Gasteiger partial charge < -0.3 is 19.3 Å². The van der Waals surface area contributed by atoms with E-state index in [2.05, 4.69) is 10.0 Å². The minimum atomic E-state index is -0.801. The molecule has 1 saturated carbocycles. The number of ether oxygens (including phenoxy) is 3. The van der Waals surface area contributed by atoms with Crippen LogP contribution in [0.2, 0.25) is 0 Å². The summed E-state index contributed by atoms with van der Waals surface area (Å²) in [5.74, 6) is 0.337. The number of benzene rings is 3. The van der Waals surface area contributed by atoms with Crippen LogP contribution in [-0.4, -0.2) is 31.8 Å². The SMILES string of the molecule is COc1ccc(F)c(-c2ccc(COc3cccc(C(CC(=O)O)C4CC4)c3)cc2C(OC)C(C)(C)CN=[N+]=[N-])c1. The van der Waals surface area contributed by atoms with Crippen molar-refractivity contribution in [3.05, 3.63) is 93.6 Å². The molecule has 1 aliphatic rings. The van der Waals surface area contributed by atoms with Gasteiger partial charge in [0.25, 0.3) is 0 Å². The van der Waals surface area contributed by atoms with Crippen LogP contribution in [0.1, 0.15) is 61.8 Å². The van der Waals surface area contributed by atoms with Crippen LogP contribution in [0.3, 0.4) is 0 Å². The van der Waals surface area contributed by atoms with E-state index in [0.717, 1.165) is 29.5 Å². The molecule has 0 aliphatic heterocycles. The second kappa shape index (κ2) is 13.1. The average Bonchev–Trinajstić information content (AvgIpc) is 3.80. The summed E-state index contributed by atoms with van der Waals surface area (Å²) < 4.78 is 32.6. The van der Waals surface area contributed by atoms with E-state index in [9.17, 15) is 9.90 Å². The van der Waals surface area contributed by atoms with E-state index in [-0.39, 0.29) is 25.5 Å². The Bertz CT molecular complexity index is 1430. The molecular formula is C32H36FN3O5. The molecule has 0 spiro atoms. The molecule has 9 heteroatoms. The Morgan fingerprint density at radius 3 is 2.54 bits per heavy atom. The zero-order valence-electron chi connectivity index (χ0n) is 23.8. The lowest BCUT2D eigenvalue weighted by molar-refractivity contribution is -0.137. The minimum Gasteiger partial charge on any atom is -0.497 e. The predicted octanol–water partition coefficient (Wildman–Crippen LogP) is 8.07. The molecule has 1 N–H and O–H groups in total. The zero-order valence-corrected chi connectivity index (χ0v) is 23.8. The molecule has 41 heavy (non-hydrogen) atoms. The maximum absolute atomic E-state index is 15.1. The van der Waals surface area contributed by atoms with Gasteiger partial charge in [-0.25, -0.2) is 4.39 Å². The Balaban J connectivity index is 1.68. The molecule has 1 aliphatic carbocycles. The van der Waals surface area contributed by atoms with Gasteiger partial charge in [0.05, 0.1) is 19.6 Å². The van der Waals surface area contributed by atoms with Crippen LogP contribution in [-0.2, 0) is 16.1 Å². The number of methoxy groups -OCH3 is 2. The number of nitrogens with zero attached hydrogens (tertiary/aromatic N) is 3. The summed E-state index contributed by atoms with van der Waals surface area (Å²) in [6, 6.07) is 17.9. The molecule has 4 rings (SSSR count). The van der Waals surface area contributed by atoms with Gasteiger partial charge in [0.2, 0.25) is 0 Å². The lowest BCUT2D eigenvalue weighted by atomic mass is 9.79. The largest absolute Gasteiger partial charge is 0.497 e. The lowest BCUT2D eigenvalue weighted by Crippen LogP contribution is -2.27. The predicted molar refractivity (Wildman–Crippen MR) is 154 cm³/mol. The number of carboxylic acids is 1. The highest BCUT2D eigenvalue weighted by Gasteiger charge is 2.34. The van der Waals surface area contributed by atoms with Gasteiger partial charge in [-0.2, -0.15) is 0 Å². The monoisotopic (exact) mass is 561 g/mol. The molecule has 0 radical (unpaired) electrons. The molecule has 216 valence electrons. The van der Waals surface area contributed by atoms with Crippen LogP contribution in [0.5, 0.6) is 11.5 Å². The van der Waals surface area contributed by atoms with E-state index in [4.69, 9.17) is 19.7 Å². The fourth-order valence-electron chi connectivity index (χ4n) is 5.41. The number of aliphatic carboxylic acids is 1. The molecule has 2 unspecified atom stereocenters. The summed E-state index contributed by atoms with van der Waals surface area (Å²) >= 11 is 0. The van der Waals surface area contributed by atoms with Crippen molar-refractivity contribution in [3.8, 4) is 22.6 Å². The maximum Gasteiger partial charge on any atom is 0.303 e. The van der Waals surface area contributed by atoms with Crippen LogP contribution >= 0.6 is 0 Å². The third-order valence-corrected chi connectivity index (χ3v) is 7.63. The second-order valence-corrected chi connectivity index (χ2v) is 11.2. The first-order valence-corrected chi connectivity index (χ1v) is 13.6. The highest BCUT2D eigenvalue weighted by atomic mass is 19.1. The first kappa shape index (κ1) is 29.9. The van der Waals surface area contributed by atoms with Crippen molar-refractivity contribution >= 4 is 5.97 Å². The van der Waals surface area contributed by atoms with Crippen molar-refractivity contribution in [3.63, 3.8) is 0 Å². The van der Waals surface area contributed by atoms with Crippen molar-refractivity contribution in [2.24, 2.45) is 16.4 Å². The Morgan fingerprint density at radius 2 is 1.88 bits per heavy atom. The van der Waals surface area contributed by atoms with Gasteiger partial charge in [-0.3, -0.25) is 4.79 Å². The van der Waals surface area contributed by atoms with Crippen LogP contribution in [0.4, 0.5) is 4.39 Å². The first-order valence-electron chi connectivity index (χ1n) is 13.6. The minimum absolute atomic E-state index is 0.0274. The molecule has 0 bridgehead atoms. The number of azide groups is 1. The van der Waals surface area contributed by atoms with E-state index in [0.29, 0.717) is 28.5 Å². The second-order valence-electron chi connectivity index (χ2n) is 11.2. The van der Waals surface area contributed by atoms with Crippen molar-refractivity contribution in [2.75, 3.05) is 20.8 Å². The van der Waals surface area contributed by atoms with Crippen molar-refractivity contribution in [1.82, 2.24) is 0 Å². The van der Waals surface area contributed by atoms with Crippen LogP contribution in [0.25, 0.3) is 21.6 Å². The van der Waals surface area contributed by atoms with Crippen LogP contribution in [0, 0.1) is 17.2 Å². The van der Waals surface area contributed by atoms with Gasteiger partial charge >= 0.3 is 5.97 Å². The molecule has 1 fully saturated rings. The Morgan fingerprint density at radius 1 is 1.10 bits per heavy atom. The van der Waals surface area contributed by atoms with Gasteiger partial charge in [-0.05, 0) is 88.9 Å². The third kappa shape index (κ3) is 7.37. The molecule has 0 saturated heterocycles. The van der Waals surface area contributed by atoms with Crippen molar-refractivity contribution in [1.29, 1.82) is 0 Å². The first-order chi connectivity index (χ1) is 19.7. The molecule has 8 nitrogen and oxygen atoms in total. The molecule has 3 aromatic carbocycles.